The van der Waals surface area contributed by atoms with Crippen molar-refractivity contribution in [2.45, 2.75) is 43.5 Å². The Morgan fingerprint density at radius 3 is 2.52 bits per heavy atom. The SMILES string of the molecule is CC1C/C=C/CN(c2ccccc2Cl)S(=O)(=O)c2cc(ccc2Cl)C(=O)NCC2CC3(CCOCC3)CN2C1=O. The quantitative estimate of drug-likeness (QED) is 0.466. The first-order chi connectivity index (χ1) is 19.1. The highest BCUT2D eigenvalue weighted by Gasteiger charge is 2.47. The number of para-hydroxylation sites is 1. The molecule has 214 valence electrons. The minimum atomic E-state index is -4.22. The highest BCUT2D eigenvalue weighted by molar-refractivity contribution is 7.93. The van der Waals surface area contributed by atoms with Crippen LogP contribution in [0.25, 0.3) is 0 Å². The summed E-state index contributed by atoms with van der Waals surface area (Å²) >= 11 is 12.8. The lowest BCUT2D eigenvalue weighted by molar-refractivity contribution is -0.136. The van der Waals surface area contributed by atoms with Gasteiger partial charge in [-0.15, -0.1) is 0 Å². The molecule has 2 saturated heterocycles. The molecular weight excluding hydrogens is 573 g/mol. The average Bonchev–Trinajstić information content (AvgIpc) is 3.28. The molecule has 40 heavy (non-hydrogen) atoms. The molecule has 1 spiro atoms. The van der Waals surface area contributed by atoms with Gasteiger partial charge in [-0.05, 0) is 61.4 Å². The number of hydrogen-bond acceptors (Lipinski definition) is 5. The van der Waals surface area contributed by atoms with Gasteiger partial charge < -0.3 is 15.0 Å². The predicted octanol–water partition coefficient (Wildman–Crippen LogP) is 4.91. The normalized spacial score (nSPS) is 25.9. The van der Waals surface area contributed by atoms with Gasteiger partial charge in [0.25, 0.3) is 15.9 Å². The molecule has 2 aromatic rings. The molecule has 2 fully saturated rings. The monoisotopic (exact) mass is 605 g/mol. The number of ether oxygens (including phenoxy) is 1. The van der Waals surface area contributed by atoms with Gasteiger partial charge in [-0.2, -0.15) is 0 Å². The first-order valence-corrected chi connectivity index (χ1v) is 15.7. The summed E-state index contributed by atoms with van der Waals surface area (Å²) in [5, 5.41) is 3.21. The minimum absolute atomic E-state index is 0.00125. The van der Waals surface area contributed by atoms with Gasteiger partial charge >= 0.3 is 0 Å². The van der Waals surface area contributed by atoms with Crippen molar-refractivity contribution < 1.29 is 22.7 Å². The minimum Gasteiger partial charge on any atom is -0.381 e. The molecule has 0 aliphatic carbocycles. The van der Waals surface area contributed by atoms with E-state index in [4.69, 9.17) is 27.9 Å². The summed E-state index contributed by atoms with van der Waals surface area (Å²) in [7, 11) is -4.22. The Morgan fingerprint density at radius 2 is 1.77 bits per heavy atom. The first-order valence-electron chi connectivity index (χ1n) is 13.5. The van der Waals surface area contributed by atoms with Crippen LogP contribution in [0.2, 0.25) is 10.0 Å². The van der Waals surface area contributed by atoms with Crippen molar-refractivity contribution in [3.63, 3.8) is 0 Å². The Balaban J connectivity index is 1.53. The van der Waals surface area contributed by atoms with E-state index < -0.39 is 15.9 Å². The summed E-state index contributed by atoms with van der Waals surface area (Å²) in [5.74, 6) is -0.716. The van der Waals surface area contributed by atoms with E-state index in [1.807, 2.05) is 17.9 Å². The summed E-state index contributed by atoms with van der Waals surface area (Å²) in [4.78, 5) is 28.7. The van der Waals surface area contributed by atoms with E-state index in [-0.39, 0.29) is 62.6 Å². The van der Waals surface area contributed by atoms with E-state index in [2.05, 4.69) is 5.32 Å². The smallest absolute Gasteiger partial charge is 0.266 e. The van der Waals surface area contributed by atoms with Crippen LogP contribution in [0.4, 0.5) is 5.69 Å². The standard InChI is InChI=1S/C29H33Cl2N3O5S/c1-20-6-4-5-13-34(25-8-3-2-7-23(25)30)40(37,38)26-16-21(9-10-24(26)31)27(35)32-18-22-17-29(11-14-39-15-12-29)19-33(22)28(20)36/h2-5,7-10,16,20,22H,6,11-15,17-19H2,1H3,(H,32,35)/b5-4+. The number of nitrogens with zero attached hydrogens (tertiary/aromatic N) is 2. The number of allylic oxidation sites excluding steroid dienone is 1. The van der Waals surface area contributed by atoms with Crippen LogP contribution in [0.3, 0.4) is 0 Å². The van der Waals surface area contributed by atoms with Gasteiger partial charge in [0, 0.05) is 43.8 Å². The summed E-state index contributed by atoms with van der Waals surface area (Å²) in [6, 6.07) is 10.7. The molecular formula is C29H33Cl2N3O5S. The zero-order chi connectivity index (χ0) is 28.5. The van der Waals surface area contributed by atoms with E-state index >= 15 is 0 Å². The number of benzene rings is 2. The van der Waals surface area contributed by atoms with Crippen LogP contribution in [-0.2, 0) is 19.6 Å². The predicted molar refractivity (Wildman–Crippen MR) is 155 cm³/mol. The summed E-state index contributed by atoms with van der Waals surface area (Å²) in [5.41, 5.74) is 0.431. The molecule has 2 atom stereocenters. The van der Waals surface area contributed by atoms with Crippen LogP contribution in [0.15, 0.2) is 59.5 Å². The second kappa shape index (κ2) is 11.7. The molecule has 1 N–H and O–H groups in total. The van der Waals surface area contributed by atoms with E-state index in [1.54, 1.807) is 30.3 Å². The van der Waals surface area contributed by atoms with Gasteiger partial charge in [0.2, 0.25) is 5.91 Å². The zero-order valence-electron chi connectivity index (χ0n) is 22.3. The molecule has 5 rings (SSSR count). The van der Waals surface area contributed by atoms with E-state index in [1.165, 1.54) is 22.5 Å². The number of sulfonamides is 1. The summed E-state index contributed by atoms with van der Waals surface area (Å²) in [6.07, 6.45) is 6.55. The van der Waals surface area contributed by atoms with E-state index in [0.29, 0.717) is 26.2 Å². The summed E-state index contributed by atoms with van der Waals surface area (Å²) < 4.78 is 34.7. The fourth-order valence-electron chi connectivity index (χ4n) is 5.88. The third-order valence-electron chi connectivity index (χ3n) is 8.18. The molecule has 0 saturated carbocycles. The second-order valence-corrected chi connectivity index (χ2v) is 13.5. The number of fused-ring (bicyclic) bond motifs is 3. The van der Waals surface area contributed by atoms with Crippen LogP contribution in [-0.4, -0.2) is 64.0 Å². The second-order valence-electron chi connectivity index (χ2n) is 10.9. The number of nitrogens with one attached hydrogen (secondary N) is 1. The fraction of sp³-hybridized carbons (Fsp3) is 0.448. The zero-order valence-corrected chi connectivity index (χ0v) is 24.6. The topological polar surface area (TPSA) is 96.0 Å². The molecule has 3 aliphatic heterocycles. The van der Waals surface area contributed by atoms with Crippen molar-refractivity contribution in [1.29, 1.82) is 0 Å². The molecule has 11 heteroatoms. The van der Waals surface area contributed by atoms with Crippen LogP contribution >= 0.6 is 23.2 Å². The third kappa shape index (κ3) is 5.75. The Hall–Kier alpha value is -2.59. The Morgan fingerprint density at radius 1 is 1.02 bits per heavy atom. The van der Waals surface area contributed by atoms with Crippen LogP contribution in [0, 0.1) is 11.3 Å². The maximum atomic E-state index is 14.0. The van der Waals surface area contributed by atoms with Crippen molar-refractivity contribution in [2.75, 3.05) is 37.2 Å². The Labute approximate surface area is 245 Å². The maximum Gasteiger partial charge on any atom is 0.266 e. The molecule has 0 radical (unpaired) electrons. The number of carbonyl (C=O) groups is 2. The molecule has 3 heterocycles. The lowest BCUT2D eigenvalue weighted by Gasteiger charge is -2.33. The van der Waals surface area contributed by atoms with Gasteiger partial charge in [0.15, 0.2) is 0 Å². The largest absolute Gasteiger partial charge is 0.381 e. The fourth-order valence-corrected chi connectivity index (χ4v) is 8.11. The molecule has 3 aliphatic rings. The summed E-state index contributed by atoms with van der Waals surface area (Å²) in [6.45, 7) is 4.11. The Kier molecular flexibility index (Phi) is 8.47. The van der Waals surface area contributed by atoms with Crippen molar-refractivity contribution >= 4 is 50.7 Å². The molecule has 2 amide bonds. The van der Waals surface area contributed by atoms with Gasteiger partial charge in [0.05, 0.1) is 22.3 Å². The van der Waals surface area contributed by atoms with Gasteiger partial charge in [-0.1, -0.05) is 54.4 Å². The molecule has 2 aromatic carbocycles. The molecule has 8 nitrogen and oxygen atoms in total. The lowest BCUT2D eigenvalue weighted by Crippen LogP contribution is -2.45. The van der Waals surface area contributed by atoms with Crippen molar-refractivity contribution in [1.82, 2.24) is 10.2 Å². The number of hydrogen-bond donors (Lipinski definition) is 1. The van der Waals surface area contributed by atoms with Gasteiger partial charge in [-0.25, -0.2) is 8.42 Å². The molecule has 2 unspecified atom stereocenters. The average molecular weight is 607 g/mol. The maximum absolute atomic E-state index is 14.0. The lowest BCUT2D eigenvalue weighted by atomic mass is 9.78. The number of rotatable bonds is 1. The van der Waals surface area contributed by atoms with Crippen molar-refractivity contribution in [2.24, 2.45) is 11.3 Å². The first kappa shape index (κ1) is 28.9. The van der Waals surface area contributed by atoms with Crippen molar-refractivity contribution in [3.05, 3.63) is 70.2 Å². The van der Waals surface area contributed by atoms with E-state index in [0.717, 1.165) is 19.3 Å². The van der Waals surface area contributed by atoms with Crippen molar-refractivity contribution in [3.8, 4) is 0 Å². The third-order valence-corrected chi connectivity index (χ3v) is 10.8. The Bertz CT molecular complexity index is 1420. The highest BCUT2D eigenvalue weighted by Crippen LogP contribution is 2.43. The number of amides is 2. The van der Waals surface area contributed by atoms with Crippen LogP contribution in [0.1, 0.15) is 43.0 Å². The van der Waals surface area contributed by atoms with E-state index in [9.17, 15) is 18.0 Å². The number of halogens is 2. The number of carbonyl (C=O) groups excluding carboxylic acids is 2. The highest BCUT2D eigenvalue weighted by atomic mass is 35.5. The van der Waals surface area contributed by atoms with Gasteiger partial charge in [-0.3, -0.25) is 13.9 Å². The molecule has 0 aromatic heterocycles. The molecule has 2 bridgehead atoms. The van der Waals surface area contributed by atoms with Crippen LogP contribution in [0.5, 0.6) is 0 Å². The number of anilines is 1. The van der Waals surface area contributed by atoms with Crippen LogP contribution < -0.4 is 9.62 Å². The van der Waals surface area contributed by atoms with Gasteiger partial charge in [0.1, 0.15) is 4.90 Å².